The number of carbonyl (C=O) groups excluding carboxylic acids is 1. The predicted octanol–water partition coefficient (Wildman–Crippen LogP) is 3.52. The van der Waals surface area contributed by atoms with Gasteiger partial charge in [0.25, 0.3) is 0 Å². The fraction of sp³-hybridized carbons (Fsp3) is 0.222. The molecule has 0 fully saturated rings. The first-order valence-corrected chi connectivity index (χ1v) is 7.11. The highest BCUT2D eigenvalue weighted by molar-refractivity contribution is 6.08. The Balaban J connectivity index is 2.10. The SMILES string of the molecule is CN(C)CCC(=O)c1cccc2cc3ccccc3nc12. The zero-order chi connectivity index (χ0) is 14.8. The fourth-order valence-corrected chi connectivity index (χ4v) is 2.49. The third kappa shape index (κ3) is 2.78. The van der Waals surface area contributed by atoms with E-state index >= 15 is 0 Å². The minimum absolute atomic E-state index is 0.150. The molecule has 0 saturated carbocycles. The molecular formula is C18H18N2O. The fourth-order valence-electron chi connectivity index (χ4n) is 2.49. The first-order chi connectivity index (χ1) is 10.1. The molecule has 3 heteroatoms. The van der Waals surface area contributed by atoms with Crippen molar-refractivity contribution in [2.75, 3.05) is 20.6 Å². The van der Waals surface area contributed by atoms with E-state index in [2.05, 4.69) is 6.07 Å². The van der Waals surface area contributed by atoms with Gasteiger partial charge >= 0.3 is 0 Å². The van der Waals surface area contributed by atoms with Crippen LogP contribution >= 0.6 is 0 Å². The summed E-state index contributed by atoms with van der Waals surface area (Å²) in [5, 5.41) is 2.12. The second kappa shape index (κ2) is 5.62. The molecule has 0 bridgehead atoms. The summed E-state index contributed by atoms with van der Waals surface area (Å²) < 4.78 is 0. The number of fused-ring (bicyclic) bond motifs is 2. The molecule has 2 aromatic carbocycles. The average molecular weight is 278 g/mol. The van der Waals surface area contributed by atoms with Crippen LogP contribution in [0, 0.1) is 0 Å². The molecule has 0 aliphatic carbocycles. The number of Topliss-reactive ketones (excluding diaryl/α,β-unsaturated/α-hetero) is 1. The standard InChI is InChI=1S/C18H18N2O/c1-20(2)11-10-17(21)15-8-5-7-14-12-13-6-3-4-9-16(13)19-18(14)15/h3-9,12H,10-11H2,1-2H3. The topological polar surface area (TPSA) is 33.2 Å². The van der Waals surface area contributed by atoms with E-state index in [1.165, 1.54) is 0 Å². The van der Waals surface area contributed by atoms with E-state index in [4.69, 9.17) is 4.98 Å². The van der Waals surface area contributed by atoms with E-state index in [-0.39, 0.29) is 5.78 Å². The van der Waals surface area contributed by atoms with Gasteiger partial charge in [-0.1, -0.05) is 30.3 Å². The van der Waals surface area contributed by atoms with Crippen LogP contribution in [0.1, 0.15) is 16.8 Å². The van der Waals surface area contributed by atoms with Gasteiger partial charge in [0, 0.05) is 29.3 Å². The van der Waals surface area contributed by atoms with Crippen molar-refractivity contribution >= 4 is 27.6 Å². The highest BCUT2D eigenvalue weighted by atomic mass is 16.1. The number of para-hydroxylation sites is 2. The van der Waals surface area contributed by atoms with Crippen molar-refractivity contribution in [3.63, 3.8) is 0 Å². The van der Waals surface area contributed by atoms with Gasteiger partial charge in [0.1, 0.15) is 0 Å². The number of hydrogen-bond acceptors (Lipinski definition) is 3. The maximum Gasteiger partial charge on any atom is 0.166 e. The smallest absolute Gasteiger partial charge is 0.166 e. The van der Waals surface area contributed by atoms with Crippen molar-refractivity contribution in [2.24, 2.45) is 0 Å². The van der Waals surface area contributed by atoms with Gasteiger partial charge in [-0.3, -0.25) is 4.79 Å². The summed E-state index contributed by atoms with van der Waals surface area (Å²) in [5.41, 5.74) is 2.46. The number of ketones is 1. The Kier molecular flexibility index (Phi) is 3.67. The summed E-state index contributed by atoms with van der Waals surface area (Å²) in [6, 6.07) is 15.9. The average Bonchev–Trinajstić information content (AvgIpc) is 2.50. The monoisotopic (exact) mass is 278 g/mol. The summed E-state index contributed by atoms with van der Waals surface area (Å²) in [5.74, 6) is 0.150. The highest BCUT2D eigenvalue weighted by Crippen LogP contribution is 2.23. The Morgan fingerprint density at radius 2 is 1.81 bits per heavy atom. The van der Waals surface area contributed by atoms with Crippen LogP contribution in [0.2, 0.25) is 0 Å². The zero-order valence-corrected chi connectivity index (χ0v) is 12.3. The Morgan fingerprint density at radius 3 is 2.62 bits per heavy atom. The molecule has 3 nitrogen and oxygen atoms in total. The van der Waals surface area contributed by atoms with Crippen molar-refractivity contribution in [1.82, 2.24) is 9.88 Å². The quantitative estimate of drug-likeness (QED) is 0.541. The lowest BCUT2D eigenvalue weighted by Crippen LogP contribution is -2.17. The number of pyridine rings is 1. The number of rotatable bonds is 4. The zero-order valence-electron chi connectivity index (χ0n) is 12.3. The second-order valence-corrected chi connectivity index (χ2v) is 5.53. The molecule has 3 rings (SSSR count). The van der Waals surface area contributed by atoms with Crippen LogP contribution in [-0.4, -0.2) is 36.3 Å². The summed E-state index contributed by atoms with van der Waals surface area (Å²) in [7, 11) is 3.95. The summed E-state index contributed by atoms with van der Waals surface area (Å²) in [6.07, 6.45) is 0.515. The number of hydrogen-bond donors (Lipinski definition) is 0. The van der Waals surface area contributed by atoms with E-state index in [1.807, 2.05) is 61.5 Å². The van der Waals surface area contributed by atoms with Gasteiger partial charge in [0.15, 0.2) is 5.78 Å². The molecule has 0 amide bonds. The van der Waals surface area contributed by atoms with Crippen LogP contribution in [0.3, 0.4) is 0 Å². The Morgan fingerprint density at radius 1 is 1.05 bits per heavy atom. The normalized spacial score (nSPS) is 11.4. The summed E-state index contributed by atoms with van der Waals surface area (Å²) >= 11 is 0. The van der Waals surface area contributed by atoms with Crippen LogP contribution in [0.15, 0.2) is 48.5 Å². The molecule has 0 aliphatic rings. The number of benzene rings is 2. The third-order valence-corrected chi connectivity index (χ3v) is 3.63. The van der Waals surface area contributed by atoms with Crippen molar-refractivity contribution in [2.45, 2.75) is 6.42 Å². The molecule has 0 N–H and O–H groups in total. The van der Waals surface area contributed by atoms with Gasteiger partial charge in [0.05, 0.1) is 11.0 Å². The molecule has 0 spiro atoms. The molecule has 0 radical (unpaired) electrons. The molecule has 0 unspecified atom stereocenters. The first kappa shape index (κ1) is 13.7. The molecule has 0 saturated heterocycles. The third-order valence-electron chi connectivity index (χ3n) is 3.63. The first-order valence-electron chi connectivity index (χ1n) is 7.11. The molecule has 3 aromatic rings. The van der Waals surface area contributed by atoms with Crippen LogP contribution in [0.25, 0.3) is 21.8 Å². The van der Waals surface area contributed by atoms with Crippen LogP contribution in [0.5, 0.6) is 0 Å². The number of nitrogens with zero attached hydrogens (tertiary/aromatic N) is 2. The van der Waals surface area contributed by atoms with Gasteiger partial charge in [0.2, 0.25) is 0 Å². The molecule has 0 aliphatic heterocycles. The minimum atomic E-state index is 0.150. The van der Waals surface area contributed by atoms with Crippen LogP contribution < -0.4 is 0 Å². The second-order valence-electron chi connectivity index (χ2n) is 5.53. The molecular weight excluding hydrogens is 260 g/mol. The van der Waals surface area contributed by atoms with E-state index in [1.54, 1.807) is 0 Å². The highest BCUT2D eigenvalue weighted by Gasteiger charge is 2.12. The van der Waals surface area contributed by atoms with Gasteiger partial charge in [-0.25, -0.2) is 4.98 Å². The van der Waals surface area contributed by atoms with Crippen molar-refractivity contribution in [1.29, 1.82) is 0 Å². The van der Waals surface area contributed by atoms with Gasteiger partial charge in [-0.2, -0.15) is 0 Å². The summed E-state index contributed by atoms with van der Waals surface area (Å²) in [6.45, 7) is 0.753. The predicted molar refractivity (Wildman–Crippen MR) is 86.8 cm³/mol. The Labute approximate surface area is 124 Å². The van der Waals surface area contributed by atoms with E-state index < -0.39 is 0 Å². The minimum Gasteiger partial charge on any atom is -0.309 e. The van der Waals surface area contributed by atoms with Crippen molar-refractivity contribution in [3.05, 3.63) is 54.1 Å². The Bertz CT molecular complexity index is 809. The maximum absolute atomic E-state index is 12.4. The molecule has 106 valence electrons. The van der Waals surface area contributed by atoms with E-state index in [0.717, 1.165) is 33.9 Å². The van der Waals surface area contributed by atoms with E-state index in [9.17, 15) is 4.79 Å². The van der Waals surface area contributed by atoms with Crippen LogP contribution in [0.4, 0.5) is 0 Å². The number of carbonyl (C=O) groups is 1. The molecule has 21 heavy (non-hydrogen) atoms. The summed E-state index contributed by atoms with van der Waals surface area (Å²) in [4.78, 5) is 19.1. The largest absolute Gasteiger partial charge is 0.309 e. The molecule has 1 aromatic heterocycles. The molecule has 0 atom stereocenters. The van der Waals surface area contributed by atoms with Gasteiger partial charge in [-0.15, -0.1) is 0 Å². The maximum atomic E-state index is 12.4. The van der Waals surface area contributed by atoms with E-state index in [0.29, 0.717) is 6.42 Å². The molecule has 1 heterocycles. The Hall–Kier alpha value is -2.26. The lowest BCUT2D eigenvalue weighted by atomic mass is 10.0. The number of aromatic nitrogens is 1. The van der Waals surface area contributed by atoms with Crippen molar-refractivity contribution < 1.29 is 4.79 Å². The van der Waals surface area contributed by atoms with Crippen LogP contribution in [-0.2, 0) is 0 Å². The van der Waals surface area contributed by atoms with Crippen molar-refractivity contribution in [3.8, 4) is 0 Å². The lowest BCUT2D eigenvalue weighted by Gasteiger charge is -2.10. The lowest BCUT2D eigenvalue weighted by molar-refractivity contribution is 0.0974. The van der Waals surface area contributed by atoms with Gasteiger partial charge in [-0.05, 0) is 32.3 Å². The van der Waals surface area contributed by atoms with Gasteiger partial charge < -0.3 is 4.90 Å².